The van der Waals surface area contributed by atoms with Crippen molar-refractivity contribution in [3.8, 4) is 5.75 Å². The molecule has 0 unspecified atom stereocenters. The van der Waals surface area contributed by atoms with E-state index in [4.69, 9.17) is 4.74 Å². The van der Waals surface area contributed by atoms with Gasteiger partial charge in [0, 0.05) is 25.2 Å². The van der Waals surface area contributed by atoms with Crippen LogP contribution < -0.4 is 15.4 Å². The van der Waals surface area contributed by atoms with E-state index in [0.29, 0.717) is 24.6 Å². The topological polar surface area (TPSA) is 50.4 Å². The van der Waals surface area contributed by atoms with Crippen LogP contribution in [0.25, 0.3) is 0 Å². The van der Waals surface area contributed by atoms with Gasteiger partial charge in [-0.15, -0.1) is 12.4 Å². The fourth-order valence-corrected chi connectivity index (χ4v) is 2.86. The molecule has 0 radical (unpaired) electrons. The summed E-state index contributed by atoms with van der Waals surface area (Å²) in [5, 5.41) is 6.32. The smallest absolute Gasteiger partial charge is 0.251 e. The summed E-state index contributed by atoms with van der Waals surface area (Å²) in [7, 11) is 0. The van der Waals surface area contributed by atoms with Crippen LogP contribution in [0, 0.1) is 5.92 Å². The molecule has 0 aliphatic carbocycles. The van der Waals surface area contributed by atoms with E-state index >= 15 is 0 Å². The molecule has 0 bridgehead atoms. The van der Waals surface area contributed by atoms with Gasteiger partial charge >= 0.3 is 0 Å². The lowest BCUT2D eigenvalue weighted by Crippen LogP contribution is -2.22. The Balaban J connectivity index is 0.00000243. The Morgan fingerprint density at radius 2 is 1.85 bits per heavy atom. The van der Waals surface area contributed by atoms with Gasteiger partial charge in [-0.1, -0.05) is 32.0 Å². The summed E-state index contributed by atoms with van der Waals surface area (Å²) in [5.41, 5.74) is 4.46. The third kappa shape index (κ3) is 5.48. The van der Waals surface area contributed by atoms with Crippen molar-refractivity contribution < 1.29 is 9.53 Å². The normalized spacial score (nSPS) is 12.4. The van der Waals surface area contributed by atoms with Crippen LogP contribution in [0.4, 0.5) is 0 Å². The van der Waals surface area contributed by atoms with E-state index in [0.717, 1.165) is 30.8 Å². The summed E-state index contributed by atoms with van der Waals surface area (Å²) in [6, 6.07) is 13.7. The molecule has 0 saturated carbocycles. The van der Waals surface area contributed by atoms with Crippen molar-refractivity contribution >= 4 is 18.3 Å². The number of hydrogen-bond donors (Lipinski definition) is 2. The molecule has 0 spiro atoms. The second-order valence-electron chi connectivity index (χ2n) is 6.94. The van der Waals surface area contributed by atoms with Crippen LogP contribution in [0.3, 0.4) is 0 Å². The molecule has 1 aliphatic rings. The summed E-state index contributed by atoms with van der Waals surface area (Å²) in [6.45, 7) is 7.45. The van der Waals surface area contributed by atoms with Crippen LogP contribution in [-0.2, 0) is 19.6 Å². The van der Waals surface area contributed by atoms with Crippen LogP contribution in [0.5, 0.6) is 5.75 Å². The monoisotopic (exact) mass is 374 g/mol. The predicted molar refractivity (Wildman–Crippen MR) is 107 cm³/mol. The van der Waals surface area contributed by atoms with E-state index < -0.39 is 0 Å². The number of benzene rings is 2. The van der Waals surface area contributed by atoms with E-state index in [2.05, 4.69) is 42.7 Å². The molecule has 2 aromatic carbocycles. The first-order chi connectivity index (χ1) is 12.1. The number of hydrogen-bond acceptors (Lipinski definition) is 3. The zero-order valence-corrected chi connectivity index (χ0v) is 16.2. The number of amides is 1. The minimum atomic E-state index is -0.0626. The lowest BCUT2D eigenvalue weighted by molar-refractivity contribution is 0.0951. The summed E-state index contributed by atoms with van der Waals surface area (Å²) in [6.07, 6.45) is 1.03. The molecule has 0 fully saturated rings. The summed E-state index contributed by atoms with van der Waals surface area (Å²) < 4.78 is 5.69. The van der Waals surface area contributed by atoms with Crippen molar-refractivity contribution in [2.75, 3.05) is 6.61 Å². The molecule has 26 heavy (non-hydrogen) atoms. The number of carbonyl (C=O) groups excluding carboxylic acids is 1. The minimum Gasteiger partial charge on any atom is -0.494 e. The van der Waals surface area contributed by atoms with Crippen molar-refractivity contribution in [1.82, 2.24) is 10.6 Å². The first-order valence-electron chi connectivity index (χ1n) is 8.94. The molecule has 0 atom stereocenters. The van der Waals surface area contributed by atoms with Crippen molar-refractivity contribution in [2.24, 2.45) is 5.92 Å². The minimum absolute atomic E-state index is 0. The molecule has 0 aromatic heterocycles. The first kappa shape index (κ1) is 20.3. The Labute approximate surface area is 161 Å². The molecule has 3 rings (SSSR count). The number of carbonyl (C=O) groups is 1. The highest BCUT2D eigenvalue weighted by Gasteiger charge is 2.11. The first-order valence-corrected chi connectivity index (χ1v) is 8.94. The third-order valence-corrected chi connectivity index (χ3v) is 4.44. The molecule has 1 aliphatic heterocycles. The summed E-state index contributed by atoms with van der Waals surface area (Å²) in [4.78, 5) is 12.3. The quantitative estimate of drug-likeness (QED) is 0.768. The van der Waals surface area contributed by atoms with E-state index in [1.54, 1.807) is 0 Å². The SMILES string of the molecule is CC(C)CCOc1ccc(C(=O)NCc2ccc3c(c2)CNC3)cc1.Cl. The Morgan fingerprint density at radius 3 is 2.58 bits per heavy atom. The maximum Gasteiger partial charge on any atom is 0.251 e. The number of rotatable bonds is 7. The van der Waals surface area contributed by atoms with Gasteiger partial charge < -0.3 is 15.4 Å². The molecule has 140 valence electrons. The molecule has 4 nitrogen and oxygen atoms in total. The summed E-state index contributed by atoms with van der Waals surface area (Å²) in [5.74, 6) is 1.37. The van der Waals surface area contributed by atoms with Crippen LogP contribution in [0.15, 0.2) is 42.5 Å². The second-order valence-corrected chi connectivity index (χ2v) is 6.94. The average molecular weight is 375 g/mol. The molecular weight excluding hydrogens is 348 g/mol. The Kier molecular flexibility index (Phi) is 7.49. The van der Waals surface area contributed by atoms with Gasteiger partial charge in [-0.05, 0) is 53.3 Å². The van der Waals surface area contributed by atoms with Crippen molar-refractivity contribution in [2.45, 2.75) is 39.9 Å². The molecule has 2 N–H and O–H groups in total. The van der Waals surface area contributed by atoms with Crippen molar-refractivity contribution in [3.05, 3.63) is 64.7 Å². The zero-order chi connectivity index (χ0) is 17.6. The van der Waals surface area contributed by atoms with Crippen LogP contribution in [-0.4, -0.2) is 12.5 Å². The van der Waals surface area contributed by atoms with Gasteiger partial charge in [-0.2, -0.15) is 0 Å². The van der Waals surface area contributed by atoms with Gasteiger partial charge in [0.15, 0.2) is 0 Å². The highest BCUT2D eigenvalue weighted by molar-refractivity contribution is 5.94. The Hall–Kier alpha value is -2.04. The zero-order valence-electron chi connectivity index (χ0n) is 15.4. The van der Waals surface area contributed by atoms with Crippen molar-refractivity contribution in [3.63, 3.8) is 0 Å². The fourth-order valence-electron chi connectivity index (χ4n) is 2.86. The van der Waals surface area contributed by atoms with Gasteiger partial charge in [0.2, 0.25) is 0 Å². The van der Waals surface area contributed by atoms with E-state index in [-0.39, 0.29) is 18.3 Å². The highest BCUT2D eigenvalue weighted by atomic mass is 35.5. The van der Waals surface area contributed by atoms with Crippen LogP contribution in [0.2, 0.25) is 0 Å². The standard InChI is InChI=1S/C21H26N2O2.ClH/c1-15(2)9-10-25-20-7-5-17(6-8-20)21(24)23-12-16-3-4-18-13-22-14-19(18)11-16;/h3-8,11,15,22H,9-10,12-14H2,1-2H3,(H,23,24);1H. The van der Waals surface area contributed by atoms with E-state index in [1.165, 1.54) is 11.1 Å². The Morgan fingerprint density at radius 1 is 1.12 bits per heavy atom. The molecule has 1 heterocycles. The third-order valence-electron chi connectivity index (χ3n) is 4.44. The van der Waals surface area contributed by atoms with Gasteiger partial charge in [0.25, 0.3) is 5.91 Å². The largest absolute Gasteiger partial charge is 0.494 e. The molecular formula is C21H27ClN2O2. The molecule has 5 heteroatoms. The highest BCUT2D eigenvalue weighted by Crippen LogP contribution is 2.17. The fraction of sp³-hybridized carbons (Fsp3) is 0.381. The lowest BCUT2D eigenvalue weighted by atomic mass is 10.1. The van der Waals surface area contributed by atoms with E-state index in [9.17, 15) is 4.79 Å². The van der Waals surface area contributed by atoms with Crippen molar-refractivity contribution in [1.29, 1.82) is 0 Å². The number of halogens is 1. The maximum absolute atomic E-state index is 12.3. The molecule has 0 saturated heterocycles. The van der Waals surface area contributed by atoms with Gasteiger partial charge in [-0.3, -0.25) is 4.79 Å². The maximum atomic E-state index is 12.3. The Bertz CT molecular complexity index is 729. The second kappa shape index (κ2) is 9.60. The lowest BCUT2D eigenvalue weighted by Gasteiger charge is -2.09. The van der Waals surface area contributed by atoms with E-state index in [1.807, 2.05) is 24.3 Å². The predicted octanol–water partition coefficient (Wildman–Crippen LogP) is 4.07. The number of ether oxygens (including phenoxy) is 1. The number of nitrogens with one attached hydrogen (secondary N) is 2. The van der Waals surface area contributed by atoms with Gasteiger partial charge in [-0.25, -0.2) is 0 Å². The van der Waals surface area contributed by atoms with Gasteiger partial charge in [0.05, 0.1) is 6.61 Å². The van der Waals surface area contributed by atoms with Crippen LogP contribution >= 0.6 is 12.4 Å². The van der Waals surface area contributed by atoms with Crippen LogP contribution in [0.1, 0.15) is 47.3 Å². The average Bonchev–Trinajstić information content (AvgIpc) is 3.07. The van der Waals surface area contributed by atoms with Gasteiger partial charge in [0.1, 0.15) is 5.75 Å². The molecule has 1 amide bonds. The number of fused-ring (bicyclic) bond motifs is 1. The molecule has 2 aromatic rings. The summed E-state index contributed by atoms with van der Waals surface area (Å²) >= 11 is 0.